The summed E-state index contributed by atoms with van der Waals surface area (Å²) in [6.07, 6.45) is -3.72. The largest absolute Gasteiger partial charge is 0.573 e. The van der Waals surface area contributed by atoms with E-state index in [0.717, 1.165) is 24.3 Å². The highest BCUT2D eigenvalue weighted by Crippen LogP contribution is 2.34. The molecule has 0 bridgehead atoms. The highest BCUT2D eigenvalue weighted by Gasteiger charge is 2.31. The van der Waals surface area contributed by atoms with Crippen LogP contribution in [-0.2, 0) is 14.4 Å². The van der Waals surface area contributed by atoms with E-state index in [4.69, 9.17) is 4.74 Å². The molecule has 3 rings (SSSR count). The third kappa shape index (κ3) is 5.65. The number of rotatable bonds is 5. The van der Waals surface area contributed by atoms with Gasteiger partial charge in [-0.05, 0) is 48.9 Å². The summed E-state index contributed by atoms with van der Waals surface area (Å²) >= 11 is 0. The van der Waals surface area contributed by atoms with Gasteiger partial charge in [0.05, 0.1) is 12.8 Å². The van der Waals surface area contributed by atoms with Crippen LogP contribution in [0.4, 0.5) is 30.2 Å². The first-order chi connectivity index (χ1) is 14.7. The molecule has 31 heavy (non-hydrogen) atoms. The molecule has 0 saturated carbocycles. The molecule has 0 aromatic heterocycles. The molecule has 164 valence electrons. The first-order valence-corrected chi connectivity index (χ1v) is 9.13. The summed E-state index contributed by atoms with van der Waals surface area (Å²) in [5.41, 5.74) is 0.848. The molecule has 8 nitrogen and oxygen atoms in total. The predicted molar refractivity (Wildman–Crippen MR) is 105 cm³/mol. The molecule has 1 fully saturated rings. The molecule has 0 spiro atoms. The second kappa shape index (κ2) is 8.94. The van der Waals surface area contributed by atoms with Crippen molar-refractivity contribution < 1.29 is 37.0 Å². The smallest absolute Gasteiger partial charge is 0.495 e. The van der Waals surface area contributed by atoms with Gasteiger partial charge in [0.25, 0.3) is 0 Å². The molecule has 0 unspecified atom stereocenters. The van der Waals surface area contributed by atoms with E-state index in [-0.39, 0.29) is 17.3 Å². The van der Waals surface area contributed by atoms with E-state index in [9.17, 15) is 27.6 Å². The molecule has 2 aromatic carbocycles. The van der Waals surface area contributed by atoms with Gasteiger partial charge in [-0.15, -0.1) is 13.2 Å². The van der Waals surface area contributed by atoms with Crippen molar-refractivity contribution in [3.05, 3.63) is 42.5 Å². The second-order valence-corrected chi connectivity index (χ2v) is 6.52. The first-order valence-electron chi connectivity index (χ1n) is 9.13. The van der Waals surface area contributed by atoms with Gasteiger partial charge in [0, 0.05) is 24.3 Å². The quantitative estimate of drug-likeness (QED) is 0.700. The minimum Gasteiger partial charge on any atom is -0.495 e. The van der Waals surface area contributed by atoms with Crippen LogP contribution in [0.2, 0.25) is 0 Å². The number of benzene rings is 2. The maximum Gasteiger partial charge on any atom is 0.573 e. The van der Waals surface area contributed by atoms with Crippen molar-refractivity contribution in [3.8, 4) is 11.5 Å². The highest BCUT2D eigenvalue weighted by atomic mass is 19.4. The van der Waals surface area contributed by atoms with E-state index >= 15 is 0 Å². The molecule has 0 aliphatic carbocycles. The van der Waals surface area contributed by atoms with E-state index in [1.54, 1.807) is 11.0 Å². The number of alkyl halides is 3. The number of halogens is 3. The molecule has 2 aromatic rings. The Morgan fingerprint density at radius 2 is 1.61 bits per heavy atom. The van der Waals surface area contributed by atoms with Crippen molar-refractivity contribution in [1.82, 2.24) is 0 Å². The average Bonchev–Trinajstić information content (AvgIpc) is 3.14. The Hall–Kier alpha value is -3.76. The SMILES string of the molecule is COc1ccc(NC(=O)C(=O)Nc2ccc(OC(F)(F)F)cc2)cc1N1CCCC1=O. The lowest BCUT2D eigenvalue weighted by atomic mass is 10.2. The van der Waals surface area contributed by atoms with Gasteiger partial charge in [0.1, 0.15) is 11.5 Å². The van der Waals surface area contributed by atoms with Crippen molar-refractivity contribution in [2.75, 3.05) is 29.2 Å². The number of amides is 3. The fourth-order valence-electron chi connectivity index (χ4n) is 3.00. The third-order valence-corrected chi connectivity index (χ3v) is 4.35. The van der Waals surface area contributed by atoms with Crippen molar-refractivity contribution in [1.29, 1.82) is 0 Å². The van der Waals surface area contributed by atoms with Crippen LogP contribution in [0, 0.1) is 0 Å². The number of carbonyl (C=O) groups is 3. The zero-order valence-corrected chi connectivity index (χ0v) is 16.3. The van der Waals surface area contributed by atoms with E-state index < -0.39 is 23.9 Å². The summed E-state index contributed by atoms with van der Waals surface area (Å²) in [7, 11) is 1.45. The van der Waals surface area contributed by atoms with Crippen LogP contribution in [0.25, 0.3) is 0 Å². The summed E-state index contributed by atoms with van der Waals surface area (Å²) in [6.45, 7) is 0.515. The number of hydrogen-bond acceptors (Lipinski definition) is 5. The molecule has 2 N–H and O–H groups in total. The molecule has 11 heteroatoms. The van der Waals surface area contributed by atoms with Gasteiger partial charge in [0.15, 0.2) is 0 Å². The Bertz CT molecular complexity index is 993. The Balaban J connectivity index is 1.65. The van der Waals surface area contributed by atoms with Gasteiger partial charge in [0.2, 0.25) is 5.91 Å². The number of nitrogens with zero attached hydrogens (tertiary/aromatic N) is 1. The van der Waals surface area contributed by atoms with Crippen LogP contribution in [0.15, 0.2) is 42.5 Å². The summed E-state index contributed by atoms with van der Waals surface area (Å²) < 4.78 is 45.6. The van der Waals surface area contributed by atoms with Crippen LogP contribution in [0.1, 0.15) is 12.8 Å². The zero-order chi connectivity index (χ0) is 22.6. The van der Waals surface area contributed by atoms with Crippen LogP contribution in [-0.4, -0.2) is 37.7 Å². The molecule has 0 atom stereocenters. The van der Waals surface area contributed by atoms with E-state index in [0.29, 0.717) is 30.8 Å². The molecular weight excluding hydrogens is 419 g/mol. The van der Waals surface area contributed by atoms with E-state index in [2.05, 4.69) is 15.4 Å². The minimum absolute atomic E-state index is 0.0718. The van der Waals surface area contributed by atoms with Crippen LogP contribution in [0.3, 0.4) is 0 Å². The summed E-state index contributed by atoms with van der Waals surface area (Å²) in [6, 6.07) is 8.93. The lowest BCUT2D eigenvalue weighted by Crippen LogP contribution is -2.29. The maximum atomic E-state index is 12.2. The monoisotopic (exact) mass is 437 g/mol. The third-order valence-electron chi connectivity index (χ3n) is 4.35. The molecule has 1 aliphatic heterocycles. The molecule has 1 heterocycles. The van der Waals surface area contributed by atoms with Gasteiger partial charge in [-0.1, -0.05) is 0 Å². The zero-order valence-electron chi connectivity index (χ0n) is 16.3. The van der Waals surface area contributed by atoms with E-state index in [1.165, 1.54) is 19.2 Å². The Morgan fingerprint density at radius 3 is 2.16 bits per heavy atom. The standard InChI is InChI=1S/C20H18F3N3O5/c1-30-16-9-6-13(11-15(16)26-10-2-3-17(26)27)25-19(29)18(28)24-12-4-7-14(8-5-12)31-20(21,22)23/h4-9,11H,2-3,10H2,1H3,(H,24,28)(H,25,29). The second-order valence-electron chi connectivity index (χ2n) is 6.52. The van der Waals surface area contributed by atoms with Crippen molar-refractivity contribution in [2.45, 2.75) is 19.2 Å². The fourth-order valence-corrected chi connectivity index (χ4v) is 3.00. The van der Waals surface area contributed by atoms with Crippen molar-refractivity contribution in [3.63, 3.8) is 0 Å². The lowest BCUT2D eigenvalue weighted by Gasteiger charge is -2.20. The Labute approximate surface area is 174 Å². The van der Waals surface area contributed by atoms with Gasteiger partial charge in [-0.2, -0.15) is 0 Å². The van der Waals surface area contributed by atoms with Crippen molar-refractivity contribution >= 4 is 34.8 Å². The van der Waals surface area contributed by atoms with Crippen LogP contribution < -0.4 is 25.0 Å². The number of nitrogens with one attached hydrogen (secondary N) is 2. The summed E-state index contributed by atoms with van der Waals surface area (Å²) in [4.78, 5) is 37.9. The molecular formula is C20H18F3N3O5. The van der Waals surface area contributed by atoms with Gasteiger partial charge < -0.3 is 25.0 Å². The molecule has 0 radical (unpaired) electrons. The van der Waals surface area contributed by atoms with Gasteiger partial charge in [-0.25, -0.2) is 0 Å². The number of methoxy groups -OCH3 is 1. The van der Waals surface area contributed by atoms with Crippen LogP contribution in [0.5, 0.6) is 11.5 Å². The molecule has 1 aliphatic rings. The number of ether oxygens (including phenoxy) is 2. The average molecular weight is 437 g/mol. The maximum absolute atomic E-state index is 12.2. The number of hydrogen-bond donors (Lipinski definition) is 2. The summed E-state index contributed by atoms with van der Waals surface area (Å²) in [5.74, 6) is -2.12. The predicted octanol–water partition coefficient (Wildman–Crippen LogP) is 3.30. The Kier molecular flexibility index (Phi) is 6.33. The summed E-state index contributed by atoms with van der Waals surface area (Å²) in [5, 5.41) is 4.69. The van der Waals surface area contributed by atoms with Gasteiger partial charge in [-0.3, -0.25) is 14.4 Å². The van der Waals surface area contributed by atoms with Crippen LogP contribution >= 0.6 is 0 Å². The highest BCUT2D eigenvalue weighted by molar-refractivity contribution is 6.43. The minimum atomic E-state index is -4.83. The lowest BCUT2D eigenvalue weighted by molar-refractivity contribution is -0.274. The number of anilines is 3. The topological polar surface area (TPSA) is 97.0 Å². The normalized spacial score (nSPS) is 13.7. The first kappa shape index (κ1) is 21.9. The molecule has 1 saturated heterocycles. The van der Waals surface area contributed by atoms with E-state index in [1.807, 2.05) is 0 Å². The van der Waals surface area contributed by atoms with Gasteiger partial charge >= 0.3 is 18.2 Å². The van der Waals surface area contributed by atoms with Crippen molar-refractivity contribution in [2.24, 2.45) is 0 Å². The molecule has 3 amide bonds. The number of carbonyl (C=O) groups excluding carboxylic acids is 3. The fraction of sp³-hybridized carbons (Fsp3) is 0.250. The Morgan fingerprint density at radius 1 is 1.00 bits per heavy atom.